The van der Waals surface area contributed by atoms with Crippen molar-refractivity contribution in [1.29, 1.82) is 0 Å². The van der Waals surface area contributed by atoms with Crippen molar-refractivity contribution in [2.75, 3.05) is 5.32 Å². The van der Waals surface area contributed by atoms with Gasteiger partial charge in [-0.3, -0.25) is 28.8 Å². The van der Waals surface area contributed by atoms with Crippen LogP contribution in [0.1, 0.15) is 38.2 Å². The fourth-order valence-corrected chi connectivity index (χ4v) is 4.31. The first-order valence-electron chi connectivity index (χ1n) is 12.5. The van der Waals surface area contributed by atoms with E-state index >= 15 is 0 Å². The molecular formula is C31H27N3O5S. The quantitative estimate of drug-likeness (QED) is 0.113. The van der Waals surface area contributed by atoms with E-state index in [-0.39, 0.29) is 48.2 Å². The van der Waals surface area contributed by atoms with Crippen molar-refractivity contribution in [2.24, 2.45) is 0 Å². The summed E-state index contributed by atoms with van der Waals surface area (Å²) in [5, 5.41) is 13.7. The van der Waals surface area contributed by atoms with E-state index in [0.717, 1.165) is 11.1 Å². The molecule has 2 amide bonds. The van der Waals surface area contributed by atoms with Crippen LogP contribution in [0.2, 0.25) is 0 Å². The molecule has 202 valence electrons. The molecule has 0 radical (unpaired) electrons. The third-order valence-corrected chi connectivity index (χ3v) is 6.61. The van der Waals surface area contributed by atoms with E-state index in [4.69, 9.17) is 0 Å². The van der Waals surface area contributed by atoms with Crippen LogP contribution in [0.25, 0.3) is 0 Å². The highest BCUT2D eigenvalue weighted by Crippen LogP contribution is 2.23. The van der Waals surface area contributed by atoms with Crippen LogP contribution in [-0.2, 0) is 29.0 Å². The van der Waals surface area contributed by atoms with E-state index < -0.39 is 4.92 Å². The minimum atomic E-state index is -0.490. The van der Waals surface area contributed by atoms with E-state index in [0.29, 0.717) is 22.4 Å². The fraction of sp³-hybridized carbons (Fsp3) is 0.129. The maximum atomic E-state index is 13.4. The average Bonchev–Trinajstić information content (AvgIpc) is 2.95. The largest absolute Gasteiger partial charge is 0.325 e. The van der Waals surface area contributed by atoms with E-state index in [1.54, 1.807) is 54.6 Å². The number of nitro benzene ring substituents is 1. The number of carbonyl (C=O) groups excluding carboxylic acids is 3. The Morgan fingerprint density at radius 1 is 0.825 bits per heavy atom. The smallest absolute Gasteiger partial charge is 0.269 e. The molecule has 0 fully saturated rings. The van der Waals surface area contributed by atoms with Crippen molar-refractivity contribution >= 4 is 41.8 Å². The van der Waals surface area contributed by atoms with Crippen molar-refractivity contribution in [1.82, 2.24) is 4.31 Å². The highest BCUT2D eigenvalue weighted by molar-refractivity contribution is 7.78. The highest BCUT2D eigenvalue weighted by Gasteiger charge is 2.19. The number of hydrogen-bond donors (Lipinski definition) is 2. The van der Waals surface area contributed by atoms with Gasteiger partial charge in [-0.25, -0.2) is 0 Å². The molecule has 0 atom stereocenters. The summed E-state index contributed by atoms with van der Waals surface area (Å²) in [6.07, 6.45) is 0.111. The summed E-state index contributed by atoms with van der Waals surface area (Å²) >= 11 is 4.30. The summed E-state index contributed by atoms with van der Waals surface area (Å²) in [4.78, 5) is 49.6. The summed E-state index contributed by atoms with van der Waals surface area (Å²) in [7, 11) is 0. The topological polar surface area (TPSA) is 110 Å². The Kier molecular flexibility index (Phi) is 9.08. The number of nitro groups is 1. The minimum Gasteiger partial charge on any atom is -0.325 e. The van der Waals surface area contributed by atoms with Gasteiger partial charge in [0.15, 0.2) is 5.78 Å². The fourth-order valence-electron chi connectivity index (χ4n) is 4.08. The number of non-ortho nitro benzene ring substituents is 1. The van der Waals surface area contributed by atoms with Crippen molar-refractivity contribution in [2.45, 2.75) is 26.3 Å². The summed E-state index contributed by atoms with van der Waals surface area (Å²) < 4.78 is 1.22. The van der Waals surface area contributed by atoms with E-state index in [9.17, 15) is 24.5 Å². The van der Waals surface area contributed by atoms with E-state index in [1.165, 1.54) is 16.4 Å². The standard InChI is InChI=1S/C31H27N3O5S/c1-21-7-9-22(10-8-21)18-29(35)32-28-16-13-24(17-27(28)31(37)25-5-3-2-4-6-25)19-30(36)33(40)20-23-11-14-26(15-12-23)34(38)39/h2-17,40H,18-20H2,1H3,(H,32,35). The number of nitrogens with one attached hydrogen (secondary N) is 1. The number of amides is 2. The van der Waals surface area contributed by atoms with Crippen LogP contribution in [0.4, 0.5) is 11.4 Å². The number of aryl methyl sites for hydroxylation is 1. The molecule has 1 N–H and O–H groups in total. The number of hydrogen-bond acceptors (Lipinski definition) is 6. The Morgan fingerprint density at radius 2 is 1.45 bits per heavy atom. The van der Waals surface area contributed by atoms with Gasteiger partial charge < -0.3 is 5.32 Å². The molecule has 4 aromatic carbocycles. The summed E-state index contributed by atoms with van der Waals surface area (Å²) in [5.41, 5.74) is 4.24. The predicted molar refractivity (Wildman–Crippen MR) is 156 cm³/mol. The number of anilines is 1. The second-order valence-corrected chi connectivity index (χ2v) is 9.82. The van der Waals surface area contributed by atoms with Gasteiger partial charge in [0.2, 0.25) is 11.8 Å². The van der Waals surface area contributed by atoms with Gasteiger partial charge >= 0.3 is 0 Å². The molecule has 0 aromatic heterocycles. The lowest BCUT2D eigenvalue weighted by atomic mass is 9.98. The van der Waals surface area contributed by atoms with Gasteiger partial charge in [0.05, 0.1) is 30.0 Å². The molecule has 4 rings (SSSR count). The lowest BCUT2D eigenvalue weighted by Crippen LogP contribution is -2.23. The Hall–Kier alpha value is -4.76. The predicted octanol–water partition coefficient (Wildman–Crippen LogP) is 5.73. The molecule has 0 spiro atoms. The van der Waals surface area contributed by atoms with E-state index in [1.807, 2.05) is 37.3 Å². The van der Waals surface area contributed by atoms with Crippen molar-refractivity contribution in [3.8, 4) is 0 Å². The zero-order valence-corrected chi connectivity index (χ0v) is 22.6. The third kappa shape index (κ3) is 7.42. The monoisotopic (exact) mass is 553 g/mol. The first kappa shape index (κ1) is 28.3. The molecule has 9 heteroatoms. The van der Waals surface area contributed by atoms with Gasteiger partial charge in [0.25, 0.3) is 5.69 Å². The van der Waals surface area contributed by atoms with Gasteiger partial charge in [0.1, 0.15) is 0 Å². The van der Waals surface area contributed by atoms with Crippen molar-refractivity contribution in [3.05, 3.63) is 141 Å². The Balaban J connectivity index is 1.52. The van der Waals surface area contributed by atoms with Crippen LogP contribution >= 0.6 is 12.8 Å². The molecular weight excluding hydrogens is 526 g/mol. The van der Waals surface area contributed by atoms with Gasteiger partial charge in [-0.2, -0.15) is 0 Å². The van der Waals surface area contributed by atoms with Gasteiger partial charge in [0, 0.05) is 23.3 Å². The van der Waals surface area contributed by atoms with Crippen LogP contribution in [0.15, 0.2) is 97.1 Å². The molecule has 8 nitrogen and oxygen atoms in total. The van der Waals surface area contributed by atoms with Gasteiger partial charge in [-0.1, -0.05) is 91.2 Å². The molecule has 4 aromatic rings. The third-order valence-electron chi connectivity index (χ3n) is 6.25. The molecule has 0 saturated carbocycles. The minimum absolute atomic E-state index is 0.0385. The van der Waals surface area contributed by atoms with Crippen LogP contribution in [0.5, 0.6) is 0 Å². The summed E-state index contributed by atoms with van der Waals surface area (Å²) in [5.74, 6) is -0.871. The van der Waals surface area contributed by atoms with Crippen LogP contribution in [0, 0.1) is 17.0 Å². The maximum Gasteiger partial charge on any atom is 0.269 e. The Bertz CT molecular complexity index is 1540. The Labute approximate surface area is 237 Å². The number of ketones is 1. The second-order valence-electron chi connectivity index (χ2n) is 9.34. The lowest BCUT2D eigenvalue weighted by Gasteiger charge is -2.17. The molecule has 0 unspecified atom stereocenters. The summed E-state index contributed by atoms with van der Waals surface area (Å²) in [6.45, 7) is 2.11. The molecule has 0 saturated heterocycles. The van der Waals surface area contributed by atoms with Gasteiger partial charge in [-0.05, 0) is 35.7 Å². The van der Waals surface area contributed by atoms with Crippen LogP contribution in [-0.4, -0.2) is 26.8 Å². The first-order valence-corrected chi connectivity index (χ1v) is 12.9. The van der Waals surface area contributed by atoms with Crippen molar-refractivity contribution < 1.29 is 19.3 Å². The molecule has 0 aliphatic rings. The molecule has 0 aliphatic heterocycles. The van der Waals surface area contributed by atoms with Crippen LogP contribution < -0.4 is 5.32 Å². The average molecular weight is 554 g/mol. The first-order chi connectivity index (χ1) is 19.2. The molecule has 0 bridgehead atoms. The molecule has 40 heavy (non-hydrogen) atoms. The maximum absolute atomic E-state index is 13.4. The molecule has 0 aliphatic carbocycles. The number of thiol groups is 1. The zero-order chi connectivity index (χ0) is 28.6. The second kappa shape index (κ2) is 12.9. The Morgan fingerprint density at radius 3 is 2.10 bits per heavy atom. The van der Waals surface area contributed by atoms with E-state index in [2.05, 4.69) is 18.1 Å². The normalized spacial score (nSPS) is 10.6. The van der Waals surface area contributed by atoms with Crippen molar-refractivity contribution in [3.63, 3.8) is 0 Å². The number of rotatable bonds is 10. The summed E-state index contributed by atoms with van der Waals surface area (Å²) in [6, 6.07) is 27.2. The number of nitrogens with zero attached hydrogens (tertiary/aromatic N) is 2. The highest BCUT2D eigenvalue weighted by atomic mass is 32.1. The van der Waals surface area contributed by atoms with Gasteiger partial charge in [-0.15, -0.1) is 0 Å². The SMILES string of the molecule is Cc1ccc(CC(=O)Nc2ccc(CC(=O)N(S)Cc3ccc([N+](=O)[O-])cc3)cc2C(=O)c2ccccc2)cc1. The molecule has 0 heterocycles. The zero-order valence-electron chi connectivity index (χ0n) is 21.7. The number of benzene rings is 4. The lowest BCUT2D eigenvalue weighted by molar-refractivity contribution is -0.384. The van der Waals surface area contributed by atoms with Crippen LogP contribution in [0.3, 0.4) is 0 Å². The number of carbonyl (C=O) groups is 3.